The summed E-state index contributed by atoms with van der Waals surface area (Å²) < 4.78 is 5.73. The van der Waals surface area contributed by atoms with Gasteiger partial charge in [0.15, 0.2) is 6.10 Å². The van der Waals surface area contributed by atoms with Crippen molar-refractivity contribution in [3.05, 3.63) is 94.5 Å². The average Bonchev–Trinajstić information content (AvgIpc) is 2.69. The largest absolute Gasteiger partial charge is 0.483 e. The fourth-order valence-electron chi connectivity index (χ4n) is 2.75. The number of benzene rings is 3. The molecule has 142 valence electrons. The van der Waals surface area contributed by atoms with Gasteiger partial charge in [-0.15, -0.1) is 0 Å². The van der Waals surface area contributed by atoms with Gasteiger partial charge in [0.1, 0.15) is 5.75 Å². The maximum atomic E-state index is 12.4. The summed E-state index contributed by atoms with van der Waals surface area (Å²) in [5, 5.41) is 3.44. The summed E-state index contributed by atoms with van der Waals surface area (Å²) in [5.74, 6) is 0.246. The molecule has 1 unspecified atom stereocenters. The van der Waals surface area contributed by atoms with Gasteiger partial charge >= 0.3 is 0 Å². The summed E-state index contributed by atoms with van der Waals surface area (Å²) in [6.07, 6.45) is -0.645. The number of hydrogen-bond acceptors (Lipinski definition) is 3. The molecule has 0 aliphatic heterocycles. The molecular formula is C23H20ClNO3. The van der Waals surface area contributed by atoms with E-state index in [4.69, 9.17) is 16.3 Å². The zero-order chi connectivity index (χ0) is 20.1. The van der Waals surface area contributed by atoms with Crippen molar-refractivity contribution in [3.63, 3.8) is 0 Å². The van der Waals surface area contributed by atoms with Crippen molar-refractivity contribution in [1.29, 1.82) is 0 Å². The number of amides is 1. The number of rotatable bonds is 6. The lowest BCUT2D eigenvalue weighted by molar-refractivity contribution is 0.0818. The van der Waals surface area contributed by atoms with Crippen LogP contribution in [0.2, 0.25) is 5.02 Å². The molecule has 0 aliphatic carbocycles. The molecular weight excluding hydrogens is 374 g/mol. The lowest BCUT2D eigenvalue weighted by atomic mass is 10.1. The molecule has 1 atom stereocenters. The molecule has 3 aromatic rings. The van der Waals surface area contributed by atoms with Crippen LogP contribution >= 0.6 is 11.6 Å². The number of ketones is 1. The Labute approximate surface area is 169 Å². The second-order valence-electron chi connectivity index (χ2n) is 6.42. The summed E-state index contributed by atoms with van der Waals surface area (Å²) in [5.41, 5.74) is 2.73. The normalized spacial score (nSPS) is 11.5. The SMILES string of the molecule is Cc1ccccc1C(=O)Nc1ccc(OC(C)C(=O)c2ccc(Cl)cc2)cc1. The van der Waals surface area contributed by atoms with Gasteiger partial charge in [-0.05, 0) is 74.0 Å². The monoisotopic (exact) mass is 393 g/mol. The van der Waals surface area contributed by atoms with Gasteiger partial charge in [0, 0.05) is 21.8 Å². The number of aryl methyl sites for hydroxylation is 1. The highest BCUT2D eigenvalue weighted by Gasteiger charge is 2.17. The van der Waals surface area contributed by atoms with E-state index in [1.807, 2.05) is 25.1 Å². The molecule has 0 saturated heterocycles. The van der Waals surface area contributed by atoms with Gasteiger partial charge in [-0.25, -0.2) is 0 Å². The number of carbonyl (C=O) groups excluding carboxylic acids is 2. The van der Waals surface area contributed by atoms with Crippen LogP contribution in [0.3, 0.4) is 0 Å². The fraction of sp³-hybridized carbons (Fsp3) is 0.130. The van der Waals surface area contributed by atoms with Gasteiger partial charge in [0.2, 0.25) is 5.78 Å². The first-order chi connectivity index (χ1) is 13.4. The average molecular weight is 394 g/mol. The maximum Gasteiger partial charge on any atom is 0.255 e. The molecule has 0 heterocycles. The predicted molar refractivity (Wildman–Crippen MR) is 111 cm³/mol. The maximum absolute atomic E-state index is 12.4. The lowest BCUT2D eigenvalue weighted by Gasteiger charge is -2.14. The van der Waals surface area contributed by atoms with E-state index in [1.54, 1.807) is 61.5 Å². The summed E-state index contributed by atoms with van der Waals surface area (Å²) in [7, 11) is 0. The molecule has 0 aliphatic rings. The second kappa shape index (κ2) is 8.72. The first-order valence-corrected chi connectivity index (χ1v) is 9.25. The van der Waals surface area contributed by atoms with Crippen molar-refractivity contribution in [2.24, 2.45) is 0 Å². The Bertz CT molecular complexity index is 981. The van der Waals surface area contributed by atoms with Gasteiger partial charge in [-0.1, -0.05) is 29.8 Å². The summed E-state index contributed by atoms with van der Waals surface area (Å²) >= 11 is 5.85. The molecule has 0 bridgehead atoms. The van der Waals surface area contributed by atoms with E-state index in [9.17, 15) is 9.59 Å². The molecule has 0 saturated carbocycles. The Hall–Kier alpha value is -3.11. The van der Waals surface area contributed by atoms with Crippen molar-refractivity contribution in [2.45, 2.75) is 20.0 Å². The van der Waals surface area contributed by atoms with Gasteiger partial charge in [0.25, 0.3) is 5.91 Å². The number of ether oxygens (including phenoxy) is 1. The highest BCUT2D eigenvalue weighted by molar-refractivity contribution is 6.30. The van der Waals surface area contributed by atoms with E-state index in [0.29, 0.717) is 27.6 Å². The molecule has 3 aromatic carbocycles. The van der Waals surface area contributed by atoms with Crippen molar-refractivity contribution in [1.82, 2.24) is 0 Å². The number of hydrogen-bond donors (Lipinski definition) is 1. The fourth-order valence-corrected chi connectivity index (χ4v) is 2.88. The highest BCUT2D eigenvalue weighted by Crippen LogP contribution is 2.20. The Morgan fingerprint density at radius 2 is 1.57 bits per heavy atom. The summed E-state index contributed by atoms with van der Waals surface area (Å²) in [6.45, 7) is 3.59. The zero-order valence-electron chi connectivity index (χ0n) is 15.6. The van der Waals surface area contributed by atoms with E-state index < -0.39 is 6.10 Å². The molecule has 3 rings (SSSR count). The van der Waals surface area contributed by atoms with Crippen LogP contribution in [0.25, 0.3) is 0 Å². The van der Waals surface area contributed by atoms with Crippen LogP contribution in [0.15, 0.2) is 72.8 Å². The van der Waals surface area contributed by atoms with Crippen LogP contribution in [0.5, 0.6) is 5.75 Å². The molecule has 4 nitrogen and oxygen atoms in total. The quantitative estimate of drug-likeness (QED) is 0.558. The third-order valence-electron chi connectivity index (χ3n) is 4.31. The topological polar surface area (TPSA) is 55.4 Å². The minimum Gasteiger partial charge on any atom is -0.483 e. The number of anilines is 1. The highest BCUT2D eigenvalue weighted by atomic mass is 35.5. The molecule has 1 N–H and O–H groups in total. The van der Waals surface area contributed by atoms with Crippen LogP contribution in [0.1, 0.15) is 33.2 Å². The third kappa shape index (κ3) is 4.78. The lowest BCUT2D eigenvalue weighted by Crippen LogP contribution is -2.23. The molecule has 0 fully saturated rings. The third-order valence-corrected chi connectivity index (χ3v) is 4.56. The number of Topliss-reactive ketones (excluding diaryl/α,β-unsaturated/α-hetero) is 1. The second-order valence-corrected chi connectivity index (χ2v) is 6.86. The van der Waals surface area contributed by atoms with E-state index in [-0.39, 0.29) is 11.7 Å². The van der Waals surface area contributed by atoms with Gasteiger partial charge in [-0.2, -0.15) is 0 Å². The summed E-state index contributed by atoms with van der Waals surface area (Å²) in [4.78, 5) is 24.8. The van der Waals surface area contributed by atoms with Crippen LogP contribution in [-0.2, 0) is 0 Å². The first-order valence-electron chi connectivity index (χ1n) is 8.87. The van der Waals surface area contributed by atoms with Crippen LogP contribution in [0, 0.1) is 6.92 Å². The molecule has 0 aromatic heterocycles. The van der Waals surface area contributed by atoms with Gasteiger partial charge < -0.3 is 10.1 Å². The van der Waals surface area contributed by atoms with E-state index in [0.717, 1.165) is 5.56 Å². The van der Waals surface area contributed by atoms with E-state index in [1.165, 1.54) is 0 Å². The van der Waals surface area contributed by atoms with Crippen molar-refractivity contribution in [2.75, 3.05) is 5.32 Å². The van der Waals surface area contributed by atoms with Gasteiger partial charge in [-0.3, -0.25) is 9.59 Å². The number of nitrogens with one attached hydrogen (secondary N) is 1. The van der Waals surface area contributed by atoms with Crippen LogP contribution in [0.4, 0.5) is 5.69 Å². The van der Waals surface area contributed by atoms with Crippen molar-refractivity contribution >= 4 is 29.0 Å². The van der Waals surface area contributed by atoms with E-state index >= 15 is 0 Å². The molecule has 28 heavy (non-hydrogen) atoms. The number of halogens is 1. The number of carbonyl (C=O) groups is 2. The first kappa shape index (κ1) is 19.6. The Balaban J connectivity index is 1.62. The Morgan fingerprint density at radius 3 is 2.21 bits per heavy atom. The van der Waals surface area contributed by atoms with E-state index in [2.05, 4.69) is 5.32 Å². The molecule has 5 heteroatoms. The van der Waals surface area contributed by atoms with Crippen molar-refractivity contribution in [3.8, 4) is 5.75 Å². The molecule has 0 spiro atoms. The Kier molecular flexibility index (Phi) is 6.12. The molecule has 1 amide bonds. The zero-order valence-corrected chi connectivity index (χ0v) is 16.4. The minimum atomic E-state index is -0.645. The summed E-state index contributed by atoms with van der Waals surface area (Å²) in [6, 6.07) is 21.0. The predicted octanol–water partition coefficient (Wildman–Crippen LogP) is 5.55. The Morgan fingerprint density at radius 1 is 0.929 bits per heavy atom. The van der Waals surface area contributed by atoms with Crippen molar-refractivity contribution < 1.29 is 14.3 Å². The molecule has 0 radical (unpaired) electrons. The van der Waals surface area contributed by atoms with Gasteiger partial charge in [0.05, 0.1) is 0 Å². The minimum absolute atomic E-state index is 0.131. The van der Waals surface area contributed by atoms with Crippen LogP contribution < -0.4 is 10.1 Å². The smallest absolute Gasteiger partial charge is 0.255 e. The van der Waals surface area contributed by atoms with Crippen LogP contribution in [-0.4, -0.2) is 17.8 Å². The standard InChI is InChI=1S/C23H20ClNO3/c1-15-5-3-4-6-21(15)23(27)25-19-11-13-20(14-12-19)28-16(2)22(26)17-7-9-18(24)10-8-17/h3-14,16H,1-2H3,(H,25,27).